The van der Waals surface area contributed by atoms with E-state index in [4.69, 9.17) is 14.2 Å². The van der Waals surface area contributed by atoms with Crippen LogP contribution in [0.4, 0.5) is 0 Å². The van der Waals surface area contributed by atoms with Crippen LogP contribution < -0.4 is 4.74 Å². The molecule has 0 aliphatic rings. The normalized spacial score (nSPS) is 10.5. The van der Waals surface area contributed by atoms with Crippen molar-refractivity contribution in [2.24, 2.45) is 0 Å². The van der Waals surface area contributed by atoms with E-state index in [1.54, 1.807) is 19.2 Å². The van der Waals surface area contributed by atoms with Gasteiger partial charge in [-0.2, -0.15) is 0 Å². The van der Waals surface area contributed by atoms with Gasteiger partial charge in [-0.25, -0.2) is 0 Å². The third-order valence-corrected chi connectivity index (χ3v) is 2.17. The maximum atomic E-state index is 9.38. The van der Waals surface area contributed by atoms with Gasteiger partial charge in [-0.1, -0.05) is 0 Å². The maximum absolute atomic E-state index is 9.38. The summed E-state index contributed by atoms with van der Waals surface area (Å²) in [6, 6.07) is 5.20. The summed E-state index contributed by atoms with van der Waals surface area (Å²) < 4.78 is 15.7. The first-order valence-corrected chi connectivity index (χ1v) is 5.72. The Morgan fingerprint density at radius 1 is 1.06 bits per heavy atom. The van der Waals surface area contributed by atoms with Gasteiger partial charge in [-0.3, -0.25) is 0 Å². The average molecular weight is 240 g/mol. The largest absolute Gasteiger partial charge is 0.508 e. The second kappa shape index (κ2) is 7.92. The summed E-state index contributed by atoms with van der Waals surface area (Å²) in [5, 5.41) is 9.38. The molecule has 0 aliphatic carbocycles. The minimum Gasteiger partial charge on any atom is -0.508 e. The fourth-order valence-electron chi connectivity index (χ4n) is 1.41. The lowest BCUT2D eigenvalue weighted by atomic mass is 10.2. The number of rotatable bonds is 8. The summed E-state index contributed by atoms with van der Waals surface area (Å²) in [6.07, 6.45) is 0.818. The zero-order valence-corrected chi connectivity index (χ0v) is 10.4. The number of hydrogen-bond acceptors (Lipinski definition) is 4. The van der Waals surface area contributed by atoms with E-state index in [1.165, 1.54) is 0 Å². The molecule has 0 saturated carbocycles. The summed E-state index contributed by atoms with van der Waals surface area (Å²) in [5.74, 6) is 0.927. The first-order valence-electron chi connectivity index (χ1n) is 5.72. The molecule has 0 spiro atoms. The Hall–Kier alpha value is -1.26. The van der Waals surface area contributed by atoms with Gasteiger partial charge in [0, 0.05) is 26.2 Å². The van der Waals surface area contributed by atoms with E-state index in [0.29, 0.717) is 32.2 Å². The Morgan fingerprint density at radius 2 is 1.88 bits per heavy atom. The molecule has 1 rings (SSSR count). The Balaban J connectivity index is 2.13. The summed E-state index contributed by atoms with van der Waals surface area (Å²) in [4.78, 5) is 0. The van der Waals surface area contributed by atoms with Gasteiger partial charge < -0.3 is 19.3 Å². The topological polar surface area (TPSA) is 47.9 Å². The predicted molar refractivity (Wildman–Crippen MR) is 65.7 cm³/mol. The first-order chi connectivity index (χ1) is 8.22. The number of benzene rings is 1. The molecule has 1 aromatic carbocycles. The highest BCUT2D eigenvalue weighted by Crippen LogP contribution is 2.21. The number of phenolic OH excluding ortho intramolecular Hbond substituents is 1. The van der Waals surface area contributed by atoms with E-state index in [-0.39, 0.29) is 5.75 Å². The third kappa shape index (κ3) is 6.14. The third-order valence-electron chi connectivity index (χ3n) is 2.17. The van der Waals surface area contributed by atoms with Crippen molar-refractivity contribution in [2.75, 3.05) is 33.5 Å². The van der Waals surface area contributed by atoms with Crippen molar-refractivity contribution in [2.45, 2.75) is 13.3 Å². The van der Waals surface area contributed by atoms with Gasteiger partial charge in [0.15, 0.2) is 0 Å². The van der Waals surface area contributed by atoms with Crippen molar-refractivity contribution in [1.82, 2.24) is 0 Å². The molecule has 1 aromatic rings. The van der Waals surface area contributed by atoms with Crippen molar-refractivity contribution < 1.29 is 19.3 Å². The number of aryl methyl sites for hydroxylation is 1. The van der Waals surface area contributed by atoms with Gasteiger partial charge >= 0.3 is 0 Å². The predicted octanol–water partition coefficient (Wildman–Crippen LogP) is 2.13. The molecular weight excluding hydrogens is 220 g/mol. The van der Waals surface area contributed by atoms with Crippen LogP contribution in [-0.4, -0.2) is 38.6 Å². The lowest BCUT2D eigenvalue weighted by Crippen LogP contribution is -2.06. The molecule has 0 fully saturated rings. The molecule has 4 nitrogen and oxygen atoms in total. The van der Waals surface area contributed by atoms with Gasteiger partial charge in [0.05, 0.1) is 19.8 Å². The zero-order valence-electron chi connectivity index (χ0n) is 10.4. The van der Waals surface area contributed by atoms with Crippen LogP contribution in [0.5, 0.6) is 11.5 Å². The van der Waals surface area contributed by atoms with Crippen molar-refractivity contribution >= 4 is 0 Å². The zero-order chi connectivity index (χ0) is 12.5. The quantitative estimate of drug-likeness (QED) is 0.707. The number of methoxy groups -OCH3 is 1. The fraction of sp³-hybridized carbons (Fsp3) is 0.538. The molecule has 0 heterocycles. The molecule has 0 aliphatic heterocycles. The first kappa shape index (κ1) is 13.8. The summed E-state index contributed by atoms with van der Waals surface area (Å²) >= 11 is 0. The monoisotopic (exact) mass is 240 g/mol. The molecule has 0 radical (unpaired) electrons. The van der Waals surface area contributed by atoms with Crippen LogP contribution in [0.2, 0.25) is 0 Å². The Kier molecular flexibility index (Phi) is 6.43. The van der Waals surface area contributed by atoms with E-state index in [2.05, 4.69) is 0 Å². The molecule has 0 unspecified atom stereocenters. The van der Waals surface area contributed by atoms with Crippen LogP contribution in [-0.2, 0) is 9.47 Å². The molecule has 0 bridgehead atoms. The van der Waals surface area contributed by atoms with Crippen LogP contribution in [0.1, 0.15) is 12.0 Å². The Bertz CT molecular complexity index is 305. The van der Waals surface area contributed by atoms with Gasteiger partial charge in [0.25, 0.3) is 0 Å². The lowest BCUT2D eigenvalue weighted by molar-refractivity contribution is 0.0644. The molecule has 17 heavy (non-hydrogen) atoms. The molecule has 4 heteroatoms. The maximum Gasteiger partial charge on any atom is 0.123 e. The molecule has 0 amide bonds. The average Bonchev–Trinajstić information content (AvgIpc) is 2.26. The number of ether oxygens (including phenoxy) is 3. The highest BCUT2D eigenvalue weighted by atomic mass is 16.5. The smallest absolute Gasteiger partial charge is 0.123 e. The van der Waals surface area contributed by atoms with Crippen LogP contribution in [0, 0.1) is 6.92 Å². The lowest BCUT2D eigenvalue weighted by Gasteiger charge is -2.08. The summed E-state index contributed by atoms with van der Waals surface area (Å²) in [7, 11) is 1.65. The summed E-state index contributed by atoms with van der Waals surface area (Å²) in [5.41, 5.74) is 0.983. The van der Waals surface area contributed by atoms with E-state index in [0.717, 1.165) is 12.0 Å². The van der Waals surface area contributed by atoms with E-state index < -0.39 is 0 Å². The van der Waals surface area contributed by atoms with Crippen LogP contribution in [0.25, 0.3) is 0 Å². The minimum absolute atomic E-state index is 0.233. The fourth-order valence-corrected chi connectivity index (χ4v) is 1.41. The van der Waals surface area contributed by atoms with Gasteiger partial charge in [-0.05, 0) is 24.6 Å². The summed E-state index contributed by atoms with van der Waals surface area (Å²) in [6.45, 7) is 4.38. The molecule has 0 saturated heterocycles. The van der Waals surface area contributed by atoms with Crippen LogP contribution in [0.3, 0.4) is 0 Å². The van der Waals surface area contributed by atoms with E-state index in [9.17, 15) is 5.11 Å². The molecular formula is C13H20O4. The Morgan fingerprint density at radius 3 is 2.59 bits per heavy atom. The molecule has 96 valence electrons. The van der Waals surface area contributed by atoms with Crippen molar-refractivity contribution in [1.29, 1.82) is 0 Å². The van der Waals surface area contributed by atoms with Crippen molar-refractivity contribution in [3.8, 4) is 11.5 Å². The Labute approximate surface area is 102 Å². The number of phenols is 1. The number of hydrogen-bond donors (Lipinski definition) is 1. The SMILES string of the molecule is COCCOCCCOc1cc(C)cc(O)c1. The van der Waals surface area contributed by atoms with E-state index in [1.807, 2.05) is 13.0 Å². The second-order valence-electron chi connectivity index (χ2n) is 3.81. The minimum atomic E-state index is 0.233. The van der Waals surface area contributed by atoms with Crippen molar-refractivity contribution in [3.63, 3.8) is 0 Å². The van der Waals surface area contributed by atoms with Gasteiger partial charge in [0.2, 0.25) is 0 Å². The number of aromatic hydroxyl groups is 1. The molecule has 0 aromatic heterocycles. The second-order valence-corrected chi connectivity index (χ2v) is 3.81. The van der Waals surface area contributed by atoms with Crippen molar-refractivity contribution in [3.05, 3.63) is 23.8 Å². The van der Waals surface area contributed by atoms with Gasteiger partial charge in [-0.15, -0.1) is 0 Å². The van der Waals surface area contributed by atoms with Crippen LogP contribution in [0.15, 0.2) is 18.2 Å². The van der Waals surface area contributed by atoms with E-state index >= 15 is 0 Å². The molecule has 0 atom stereocenters. The van der Waals surface area contributed by atoms with Gasteiger partial charge in [0.1, 0.15) is 11.5 Å². The molecule has 1 N–H and O–H groups in total. The highest BCUT2D eigenvalue weighted by Gasteiger charge is 1.98. The van der Waals surface area contributed by atoms with Crippen LogP contribution >= 0.6 is 0 Å². The highest BCUT2D eigenvalue weighted by molar-refractivity contribution is 5.36. The standard InChI is InChI=1S/C13H20O4/c1-11-8-12(14)10-13(9-11)17-5-3-4-16-7-6-15-2/h8-10,14H,3-7H2,1-2H3.